The minimum atomic E-state index is -0.322. The number of rotatable bonds is 1. The number of hydrogen-bond donors (Lipinski definition) is 2. The second-order valence-corrected chi connectivity index (χ2v) is 3.07. The van der Waals surface area contributed by atoms with Crippen LogP contribution in [0, 0.1) is 0 Å². The fourth-order valence-electron chi connectivity index (χ4n) is 1.58. The van der Waals surface area contributed by atoms with E-state index >= 15 is 0 Å². The number of H-pyrrole nitrogens is 1. The van der Waals surface area contributed by atoms with Crippen molar-refractivity contribution in [1.82, 2.24) is 9.97 Å². The molecule has 1 aliphatic heterocycles. The molecule has 0 saturated heterocycles. The van der Waals surface area contributed by atoms with Gasteiger partial charge in [0, 0.05) is 6.54 Å². The van der Waals surface area contributed by atoms with Gasteiger partial charge < -0.3 is 5.73 Å². The molecule has 0 bridgehead atoms. The Hall–Kier alpha value is -1.85. The first-order valence-corrected chi connectivity index (χ1v) is 4.32. The lowest BCUT2D eigenvalue weighted by atomic mass is 10.3. The summed E-state index contributed by atoms with van der Waals surface area (Å²) in [4.78, 5) is 30.6. The summed E-state index contributed by atoms with van der Waals surface area (Å²) in [5.74, 6) is 0.340. The van der Waals surface area contributed by atoms with Gasteiger partial charge in [0.1, 0.15) is 5.82 Å². The van der Waals surface area contributed by atoms with Crippen molar-refractivity contribution in [2.24, 2.45) is 0 Å². The Morgan fingerprint density at radius 2 is 2.29 bits per heavy atom. The van der Waals surface area contributed by atoms with Gasteiger partial charge in [0.25, 0.3) is 5.56 Å². The largest absolute Gasteiger partial charge is 0.369 e. The van der Waals surface area contributed by atoms with Gasteiger partial charge in [-0.3, -0.25) is 19.5 Å². The van der Waals surface area contributed by atoms with Crippen LogP contribution in [0.1, 0.15) is 12.5 Å². The number of carbonyl (C=O) groups excluding carboxylic acids is 1. The third-order valence-corrected chi connectivity index (χ3v) is 2.21. The number of amides is 1. The van der Waals surface area contributed by atoms with Crippen LogP contribution in [-0.2, 0) is 11.2 Å². The van der Waals surface area contributed by atoms with Gasteiger partial charge in [0.2, 0.25) is 11.9 Å². The highest BCUT2D eigenvalue weighted by atomic mass is 16.2. The van der Waals surface area contributed by atoms with E-state index in [0.717, 1.165) is 0 Å². The third kappa shape index (κ3) is 1.07. The summed E-state index contributed by atoms with van der Waals surface area (Å²) in [6.07, 6.45) is 0.117. The Bertz CT molecular complexity index is 451. The average Bonchev–Trinajstić information content (AvgIpc) is 2.41. The number of likely N-dealkylation sites (N-methyl/N-ethyl adjacent to an activating group) is 1. The SMILES string of the molecule is CCN1C(=O)Cc2c1nc(N)[nH]c2=O. The predicted molar refractivity (Wildman–Crippen MR) is 51.0 cm³/mol. The summed E-state index contributed by atoms with van der Waals surface area (Å²) >= 11 is 0. The summed E-state index contributed by atoms with van der Waals surface area (Å²) in [6.45, 7) is 2.33. The molecule has 0 radical (unpaired) electrons. The smallest absolute Gasteiger partial charge is 0.258 e. The molecular weight excluding hydrogens is 184 g/mol. The van der Waals surface area contributed by atoms with Gasteiger partial charge in [-0.25, -0.2) is 0 Å². The zero-order valence-corrected chi connectivity index (χ0v) is 7.70. The van der Waals surface area contributed by atoms with E-state index in [1.807, 2.05) is 6.92 Å². The third-order valence-electron chi connectivity index (χ3n) is 2.21. The monoisotopic (exact) mass is 194 g/mol. The van der Waals surface area contributed by atoms with E-state index in [4.69, 9.17) is 5.73 Å². The first-order valence-electron chi connectivity index (χ1n) is 4.32. The lowest BCUT2D eigenvalue weighted by Gasteiger charge is -2.12. The number of nitrogen functional groups attached to an aromatic ring is 1. The van der Waals surface area contributed by atoms with Crippen LogP contribution in [0.3, 0.4) is 0 Å². The molecular formula is C8H10N4O2. The highest BCUT2D eigenvalue weighted by Gasteiger charge is 2.30. The molecule has 0 spiro atoms. The molecule has 1 amide bonds. The normalized spacial score (nSPS) is 14.6. The van der Waals surface area contributed by atoms with Crippen LogP contribution < -0.4 is 16.2 Å². The van der Waals surface area contributed by atoms with E-state index in [1.165, 1.54) is 4.90 Å². The second-order valence-electron chi connectivity index (χ2n) is 3.07. The number of anilines is 2. The fourth-order valence-corrected chi connectivity index (χ4v) is 1.58. The molecule has 0 fully saturated rings. The number of nitrogens with zero attached hydrogens (tertiary/aromatic N) is 2. The molecule has 2 rings (SSSR count). The number of carbonyl (C=O) groups is 1. The molecule has 0 atom stereocenters. The van der Waals surface area contributed by atoms with E-state index in [0.29, 0.717) is 17.9 Å². The van der Waals surface area contributed by atoms with Crippen LogP contribution in [-0.4, -0.2) is 22.4 Å². The zero-order chi connectivity index (χ0) is 10.3. The first kappa shape index (κ1) is 8.74. The van der Waals surface area contributed by atoms with Gasteiger partial charge in [-0.15, -0.1) is 0 Å². The molecule has 0 aliphatic carbocycles. The Labute approximate surface area is 79.7 Å². The number of aromatic nitrogens is 2. The summed E-state index contributed by atoms with van der Waals surface area (Å²) in [6, 6.07) is 0. The number of fused-ring (bicyclic) bond motifs is 1. The number of hydrogen-bond acceptors (Lipinski definition) is 4. The topological polar surface area (TPSA) is 92.1 Å². The van der Waals surface area contributed by atoms with Crippen molar-refractivity contribution in [3.8, 4) is 0 Å². The molecule has 1 aliphatic rings. The summed E-state index contributed by atoms with van der Waals surface area (Å²) in [5.41, 5.74) is 5.48. The fraction of sp³-hybridized carbons (Fsp3) is 0.375. The molecule has 1 aromatic heterocycles. The zero-order valence-electron chi connectivity index (χ0n) is 7.70. The van der Waals surface area contributed by atoms with Crippen molar-refractivity contribution < 1.29 is 4.79 Å². The quantitative estimate of drug-likeness (QED) is 0.616. The Kier molecular flexibility index (Phi) is 1.77. The van der Waals surface area contributed by atoms with Crippen molar-refractivity contribution >= 4 is 17.7 Å². The maximum Gasteiger partial charge on any atom is 0.258 e. The Morgan fingerprint density at radius 3 is 2.93 bits per heavy atom. The predicted octanol–water partition coefficient (Wildman–Crippen LogP) is -0.739. The lowest BCUT2D eigenvalue weighted by Crippen LogP contribution is -2.26. The Morgan fingerprint density at radius 1 is 1.57 bits per heavy atom. The molecule has 1 aromatic rings. The van der Waals surface area contributed by atoms with Crippen molar-refractivity contribution in [3.63, 3.8) is 0 Å². The molecule has 0 saturated carbocycles. The van der Waals surface area contributed by atoms with Crippen LogP contribution in [0.5, 0.6) is 0 Å². The van der Waals surface area contributed by atoms with E-state index in [-0.39, 0.29) is 23.8 Å². The average molecular weight is 194 g/mol. The van der Waals surface area contributed by atoms with Gasteiger partial charge in [0.05, 0.1) is 12.0 Å². The van der Waals surface area contributed by atoms with Gasteiger partial charge in [-0.05, 0) is 6.92 Å². The van der Waals surface area contributed by atoms with Gasteiger partial charge in [-0.1, -0.05) is 0 Å². The molecule has 0 unspecified atom stereocenters. The molecule has 14 heavy (non-hydrogen) atoms. The summed E-state index contributed by atoms with van der Waals surface area (Å²) in [7, 11) is 0. The molecule has 3 N–H and O–H groups in total. The maximum atomic E-state index is 11.4. The molecule has 2 heterocycles. The molecule has 6 nitrogen and oxygen atoms in total. The van der Waals surface area contributed by atoms with E-state index in [2.05, 4.69) is 9.97 Å². The Balaban J connectivity index is 2.64. The second kappa shape index (κ2) is 2.83. The van der Waals surface area contributed by atoms with Crippen LogP contribution in [0.15, 0.2) is 4.79 Å². The van der Waals surface area contributed by atoms with Crippen molar-refractivity contribution in [2.75, 3.05) is 17.2 Å². The summed E-state index contributed by atoms with van der Waals surface area (Å²) in [5, 5.41) is 0. The lowest BCUT2D eigenvalue weighted by molar-refractivity contribution is -0.117. The van der Waals surface area contributed by atoms with E-state index in [9.17, 15) is 9.59 Å². The van der Waals surface area contributed by atoms with Gasteiger partial charge >= 0.3 is 0 Å². The first-order chi connectivity index (χ1) is 6.63. The summed E-state index contributed by atoms with van der Waals surface area (Å²) < 4.78 is 0. The minimum absolute atomic E-state index is 0.0434. The number of aromatic amines is 1. The van der Waals surface area contributed by atoms with Gasteiger partial charge in [-0.2, -0.15) is 4.98 Å². The van der Waals surface area contributed by atoms with Crippen LogP contribution >= 0.6 is 0 Å². The maximum absolute atomic E-state index is 11.4. The van der Waals surface area contributed by atoms with Crippen molar-refractivity contribution in [1.29, 1.82) is 0 Å². The number of nitrogens with two attached hydrogens (primary N) is 1. The van der Waals surface area contributed by atoms with Crippen LogP contribution in [0.4, 0.5) is 11.8 Å². The minimum Gasteiger partial charge on any atom is -0.369 e. The van der Waals surface area contributed by atoms with Crippen molar-refractivity contribution in [2.45, 2.75) is 13.3 Å². The van der Waals surface area contributed by atoms with E-state index < -0.39 is 0 Å². The van der Waals surface area contributed by atoms with E-state index in [1.54, 1.807) is 0 Å². The molecule has 6 heteroatoms. The van der Waals surface area contributed by atoms with Crippen molar-refractivity contribution in [3.05, 3.63) is 15.9 Å². The molecule has 0 aromatic carbocycles. The van der Waals surface area contributed by atoms with Gasteiger partial charge in [0.15, 0.2) is 0 Å². The highest BCUT2D eigenvalue weighted by Crippen LogP contribution is 2.23. The molecule has 74 valence electrons. The standard InChI is InChI=1S/C8H10N4O2/c1-2-12-5(13)3-4-6(12)10-8(9)11-7(4)14/h2-3H2,1H3,(H3,9,10,11,14). The highest BCUT2D eigenvalue weighted by molar-refractivity contribution is 6.00. The number of nitrogens with one attached hydrogen (secondary N) is 1. The van der Waals surface area contributed by atoms with Crippen LogP contribution in [0.2, 0.25) is 0 Å². The van der Waals surface area contributed by atoms with Crippen LogP contribution in [0.25, 0.3) is 0 Å².